The third-order valence-corrected chi connectivity index (χ3v) is 4.37. The van der Waals surface area contributed by atoms with Crippen LogP contribution >= 0.6 is 0 Å². The second kappa shape index (κ2) is 6.83. The lowest BCUT2D eigenvalue weighted by Gasteiger charge is -2.26. The Morgan fingerprint density at radius 1 is 1.26 bits per heavy atom. The number of nitrogens with one attached hydrogen (secondary N) is 2. The summed E-state index contributed by atoms with van der Waals surface area (Å²) in [6, 6.07) is 8.00. The van der Waals surface area contributed by atoms with Crippen molar-refractivity contribution >= 4 is 5.91 Å². The molecule has 1 aromatic carbocycles. The summed E-state index contributed by atoms with van der Waals surface area (Å²) >= 11 is 0. The van der Waals surface area contributed by atoms with Crippen LogP contribution in [-0.2, 0) is 0 Å². The molecule has 3 rings (SSSR count). The molecule has 2 aromatic rings. The maximum atomic E-state index is 12.5. The Morgan fingerprint density at radius 2 is 1.96 bits per heavy atom. The van der Waals surface area contributed by atoms with Crippen molar-refractivity contribution in [2.75, 3.05) is 7.11 Å². The SMILES string of the molecule is COc1ccc(-c2[nH]ncc2C(=O)NC2CCC(N)CC2)cc1. The zero-order chi connectivity index (χ0) is 16.2. The summed E-state index contributed by atoms with van der Waals surface area (Å²) in [5.41, 5.74) is 8.09. The largest absolute Gasteiger partial charge is 0.497 e. The number of carbonyl (C=O) groups is 1. The highest BCUT2D eigenvalue weighted by molar-refractivity contribution is 5.99. The number of rotatable bonds is 4. The van der Waals surface area contributed by atoms with Crippen LogP contribution in [0.3, 0.4) is 0 Å². The monoisotopic (exact) mass is 314 g/mol. The normalized spacial score (nSPS) is 21.0. The number of nitrogens with two attached hydrogens (primary N) is 1. The Balaban J connectivity index is 1.73. The second-order valence-electron chi connectivity index (χ2n) is 5.97. The van der Waals surface area contributed by atoms with Gasteiger partial charge in [-0.15, -0.1) is 0 Å². The average Bonchev–Trinajstić information content (AvgIpc) is 3.07. The van der Waals surface area contributed by atoms with Crippen LogP contribution in [0.5, 0.6) is 5.75 Å². The number of benzene rings is 1. The van der Waals surface area contributed by atoms with Crippen LogP contribution in [0.25, 0.3) is 11.3 Å². The first-order valence-electron chi connectivity index (χ1n) is 7.91. The molecule has 1 aromatic heterocycles. The van der Waals surface area contributed by atoms with Gasteiger partial charge in [-0.25, -0.2) is 0 Å². The molecule has 0 saturated heterocycles. The Bertz CT molecular complexity index is 657. The molecule has 4 N–H and O–H groups in total. The molecule has 1 aliphatic rings. The highest BCUT2D eigenvalue weighted by atomic mass is 16.5. The summed E-state index contributed by atoms with van der Waals surface area (Å²) in [6.45, 7) is 0. The van der Waals surface area contributed by atoms with Crippen LogP contribution in [0.4, 0.5) is 0 Å². The number of amides is 1. The highest BCUT2D eigenvalue weighted by Crippen LogP contribution is 2.24. The van der Waals surface area contributed by atoms with Gasteiger partial charge in [-0.05, 0) is 49.9 Å². The molecule has 0 bridgehead atoms. The lowest BCUT2D eigenvalue weighted by molar-refractivity contribution is 0.0926. The molecule has 1 fully saturated rings. The molecular weight excluding hydrogens is 292 g/mol. The van der Waals surface area contributed by atoms with E-state index >= 15 is 0 Å². The molecule has 0 radical (unpaired) electrons. The van der Waals surface area contributed by atoms with Gasteiger partial charge in [0.2, 0.25) is 0 Å². The van der Waals surface area contributed by atoms with E-state index in [0.29, 0.717) is 5.56 Å². The number of hydrogen-bond acceptors (Lipinski definition) is 4. The summed E-state index contributed by atoms with van der Waals surface area (Å²) in [6.07, 6.45) is 5.36. The van der Waals surface area contributed by atoms with Crippen molar-refractivity contribution in [3.05, 3.63) is 36.0 Å². The molecule has 23 heavy (non-hydrogen) atoms. The van der Waals surface area contributed by atoms with Crippen molar-refractivity contribution < 1.29 is 9.53 Å². The molecule has 1 saturated carbocycles. The first-order valence-corrected chi connectivity index (χ1v) is 7.91. The zero-order valence-electron chi connectivity index (χ0n) is 13.2. The van der Waals surface area contributed by atoms with Crippen molar-refractivity contribution in [2.45, 2.75) is 37.8 Å². The van der Waals surface area contributed by atoms with E-state index in [2.05, 4.69) is 15.5 Å². The molecule has 1 heterocycles. The van der Waals surface area contributed by atoms with Crippen molar-refractivity contribution in [3.8, 4) is 17.0 Å². The van der Waals surface area contributed by atoms with E-state index < -0.39 is 0 Å². The molecule has 1 amide bonds. The van der Waals surface area contributed by atoms with Gasteiger partial charge in [0, 0.05) is 17.6 Å². The Morgan fingerprint density at radius 3 is 2.61 bits per heavy atom. The first-order chi connectivity index (χ1) is 11.2. The Labute approximate surface area is 135 Å². The van der Waals surface area contributed by atoms with Crippen molar-refractivity contribution in [2.24, 2.45) is 5.73 Å². The molecule has 0 spiro atoms. The number of methoxy groups -OCH3 is 1. The van der Waals surface area contributed by atoms with Crippen LogP contribution in [0.2, 0.25) is 0 Å². The van der Waals surface area contributed by atoms with E-state index in [1.807, 2.05) is 24.3 Å². The van der Waals surface area contributed by atoms with Gasteiger partial charge in [0.25, 0.3) is 5.91 Å². The molecular formula is C17H22N4O2. The smallest absolute Gasteiger partial charge is 0.255 e. The summed E-state index contributed by atoms with van der Waals surface area (Å²) < 4.78 is 5.16. The highest BCUT2D eigenvalue weighted by Gasteiger charge is 2.22. The van der Waals surface area contributed by atoms with Gasteiger partial charge < -0.3 is 15.8 Å². The van der Waals surface area contributed by atoms with Crippen molar-refractivity contribution in [1.29, 1.82) is 0 Å². The minimum atomic E-state index is -0.0926. The number of carbonyl (C=O) groups excluding carboxylic acids is 1. The van der Waals surface area contributed by atoms with Crippen molar-refractivity contribution in [1.82, 2.24) is 15.5 Å². The van der Waals surface area contributed by atoms with E-state index in [0.717, 1.165) is 42.7 Å². The standard InChI is InChI=1S/C17H22N4O2/c1-23-14-8-2-11(3-9-14)16-15(10-19-21-16)17(22)20-13-6-4-12(18)5-7-13/h2-3,8-10,12-13H,4-7,18H2,1H3,(H,19,21)(H,20,22). The van der Waals surface area contributed by atoms with Crippen LogP contribution < -0.4 is 15.8 Å². The minimum absolute atomic E-state index is 0.0926. The number of aromatic nitrogens is 2. The minimum Gasteiger partial charge on any atom is -0.497 e. The number of ether oxygens (including phenoxy) is 1. The molecule has 0 unspecified atom stereocenters. The van der Waals surface area contributed by atoms with Crippen LogP contribution in [0, 0.1) is 0 Å². The number of aromatic amines is 1. The first kappa shape index (κ1) is 15.6. The lowest BCUT2D eigenvalue weighted by atomic mass is 9.91. The number of nitrogens with zero attached hydrogens (tertiary/aromatic N) is 1. The molecule has 0 aliphatic heterocycles. The molecule has 122 valence electrons. The van der Waals surface area contributed by atoms with Gasteiger partial charge in [0.1, 0.15) is 5.75 Å². The van der Waals surface area contributed by atoms with E-state index in [4.69, 9.17) is 10.5 Å². The summed E-state index contributed by atoms with van der Waals surface area (Å²) in [4.78, 5) is 12.5. The van der Waals surface area contributed by atoms with Crippen LogP contribution in [-0.4, -0.2) is 35.3 Å². The van der Waals surface area contributed by atoms with Gasteiger partial charge >= 0.3 is 0 Å². The average molecular weight is 314 g/mol. The Kier molecular flexibility index (Phi) is 4.62. The molecule has 6 heteroatoms. The summed E-state index contributed by atoms with van der Waals surface area (Å²) in [5.74, 6) is 0.683. The van der Waals surface area contributed by atoms with E-state index in [1.165, 1.54) is 0 Å². The van der Waals surface area contributed by atoms with Gasteiger partial charge in [-0.2, -0.15) is 5.10 Å². The van der Waals surface area contributed by atoms with Crippen LogP contribution in [0.15, 0.2) is 30.5 Å². The van der Waals surface area contributed by atoms with E-state index in [-0.39, 0.29) is 18.0 Å². The number of H-pyrrole nitrogens is 1. The fourth-order valence-corrected chi connectivity index (χ4v) is 2.96. The quantitative estimate of drug-likeness (QED) is 0.805. The van der Waals surface area contributed by atoms with E-state index in [1.54, 1.807) is 13.3 Å². The van der Waals surface area contributed by atoms with Crippen molar-refractivity contribution in [3.63, 3.8) is 0 Å². The summed E-state index contributed by atoms with van der Waals surface area (Å²) in [7, 11) is 1.63. The van der Waals surface area contributed by atoms with Gasteiger partial charge in [-0.1, -0.05) is 0 Å². The predicted octanol–water partition coefficient (Wildman–Crippen LogP) is 2.08. The van der Waals surface area contributed by atoms with Gasteiger partial charge in [-0.3, -0.25) is 9.89 Å². The predicted molar refractivity (Wildman–Crippen MR) is 88.3 cm³/mol. The molecule has 1 aliphatic carbocycles. The fraction of sp³-hybridized carbons (Fsp3) is 0.412. The third-order valence-electron chi connectivity index (χ3n) is 4.37. The maximum Gasteiger partial charge on any atom is 0.255 e. The van der Waals surface area contributed by atoms with Crippen LogP contribution in [0.1, 0.15) is 36.0 Å². The lowest BCUT2D eigenvalue weighted by Crippen LogP contribution is -2.40. The topological polar surface area (TPSA) is 93.0 Å². The second-order valence-corrected chi connectivity index (χ2v) is 5.97. The number of hydrogen-bond donors (Lipinski definition) is 3. The molecule has 6 nitrogen and oxygen atoms in total. The van der Waals surface area contributed by atoms with Gasteiger partial charge in [0.05, 0.1) is 24.6 Å². The Hall–Kier alpha value is -2.34. The zero-order valence-corrected chi connectivity index (χ0v) is 13.2. The maximum absolute atomic E-state index is 12.5. The summed E-state index contributed by atoms with van der Waals surface area (Å²) in [5, 5.41) is 10.0. The van der Waals surface area contributed by atoms with E-state index in [9.17, 15) is 4.79 Å². The molecule has 0 atom stereocenters. The fourth-order valence-electron chi connectivity index (χ4n) is 2.96. The van der Waals surface area contributed by atoms with Gasteiger partial charge in [0.15, 0.2) is 0 Å². The third kappa shape index (κ3) is 3.53.